The average molecular weight is 217 g/mol. The van der Waals surface area contributed by atoms with Gasteiger partial charge < -0.3 is 0 Å². The molecule has 0 saturated heterocycles. The second-order valence-corrected chi connectivity index (χ2v) is 5.40. The zero-order valence-corrected chi connectivity index (χ0v) is 10.5. The monoisotopic (exact) mass is 216 g/mol. The molecule has 1 saturated carbocycles. The van der Waals surface area contributed by atoms with Gasteiger partial charge in [0.05, 0.1) is 0 Å². The van der Waals surface area contributed by atoms with Gasteiger partial charge in [-0.05, 0) is 24.2 Å². The van der Waals surface area contributed by atoms with Gasteiger partial charge in [0.15, 0.2) is 0 Å². The molecule has 0 aliphatic heterocycles. The van der Waals surface area contributed by atoms with Crippen molar-refractivity contribution in [3.8, 4) is 0 Å². The van der Waals surface area contributed by atoms with Crippen LogP contribution in [0.25, 0.3) is 0 Å². The standard InChI is InChI=1S/C13H25Cl/c1-3-6-11(2)9-13(10-14)12-7-4-5-8-12/h11-13H,3-10H2,1-2H3. The Morgan fingerprint density at radius 2 is 1.93 bits per heavy atom. The summed E-state index contributed by atoms with van der Waals surface area (Å²) in [4.78, 5) is 0. The van der Waals surface area contributed by atoms with E-state index >= 15 is 0 Å². The van der Waals surface area contributed by atoms with E-state index in [1.807, 2.05) is 0 Å². The van der Waals surface area contributed by atoms with Crippen LogP contribution in [0.15, 0.2) is 0 Å². The van der Waals surface area contributed by atoms with Crippen molar-refractivity contribution in [2.75, 3.05) is 5.88 Å². The van der Waals surface area contributed by atoms with Crippen molar-refractivity contribution in [1.82, 2.24) is 0 Å². The first-order valence-electron chi connectivity index (χ1n) is 6.33. The molecular formula is C13H25Cl. The Kier molecular flexibility index (Phi) is 5.93. The number of hydrogen-bond acceptors (Lipinski definition) is 0. The SMILES string of the molecule is CCCC(C)CC(CCl)C1CCCC1. The molecule has 1 aliphatic carbocycles. The largest absolute Gasteiger partial charge is 0.126 e. The smallest absolute Gasteiger partial charge is 0.0254 e. The molecule has 1 heteroatoms. The Labute approximate surface area is 94.4 Å². The van der Waals surface area contributed by atoms with Gasteiger partial charge in [0.2, 0.25) is 0 Å². The molecule has 0 spiro atoms. The normalized spacial score (nSPS) is 22.5. The molecule has 1 aliphatic rings. The second-order valence-electron chi connectivity index (χ2n) is 5.09. The molecule has 84 valence electrons. The van der Waals surface area contributed by atoms with Gasteiger partial charge in [0.25, 0.3) is 0 Å². The minimum Gasteiger partial charge on any atom is -0.126 e. The van der Waals surface area contributed by atoms with E-state index in [1.165, 1.54) is 44.9 Å². The van der Waals surface area contributed by atoms with E-state index in [2.05, 4.69) is 13.8 Å². The molecule has 0 N–H and O–H groups in total. The summed E-state index contributed by atoms with van der Waals surface area (Å²) in [7, 11) is 0. The lowest BCUT2D eigenvalue weighted by Crippen LogP contribution is -2.16. The van der Waals surface area contributed by atoms with Crippen molar-refractivity contribution in [1.29, 1.82) is 0 Å². The van der Waals surface area contributed by atoms with Crippen LogP contribution in [0.1, 0.15) is 58.8 Å². The predicted octanol–water partition coefficient (Wildman–Crippen LogP) is 4.86. The molecule has 0 nitrogen and oxygen atoms in total. The first-order valence-corrected chi connectivity index (χ1v) is 6.87. The highest BCUT2D eigenvalue weighted by molar-refractivity contribution is 6.18. The maximum absolute atomic E-state index is 6.09. The van der Waals surface area contributed by atoms with Crippen LogP contribution >= 0.6 is 11.6 Å². The minimum absolute atomic E-state index is 0.806. The van der Waals surface area contributed by atoms with Crippen LogP contribution in [0.5, 0.6) is 0 Å². The van der Waals surface area contributed by atoms with E-state index in [0.717, 1.165) is 23.6 Å². The Balaban J connectivity index is 2.29. The molecule has 2 atom stereocenters. The molecule has 0 heterocycles. The topological polar surface area (TPSA) is 0 Å². The summed E-state index contributed by atoms with van der Waals surface area (Å²) in [5.41, 5.74) is 0. The number of alkyl halides is 1. The number of halogens is 1. The van der Waals surface area contributed by atoms with Crippen molar-refractivity contribution in [2.24, 2.45) is 17.8 Å². The summed E-state index contributed by atoms with van der Waals surface area (Å²) >= 11 is 6.09. The highest BCUT2D eigenvalue weighted by Crippen LogP contribution is 2.35. The molecule has 1 fully saturated rings. The van der Waals surface area contributed by atoms with E-state index in [1.54, 1.807) is 0 Å². The fourth-order valence-corrected chi connectivity index (χ4v) is 3.32. The fraction of sp³-hybridized carbons (Fsp3) is 1.00. The van der Waals surface area contributed by atoms with E-state index in [0.29, 0.717) is 0 Å². The third kappa shape index (κ3) is 3.81. The molecule has 0 aromatic heterocycles. The summed E-state index contributed by atoms with van der Waals surface area (Å²) in [6.45, 7) is 4.67. The summed E-state index contributed by atoms with van der Waals surface area (Å²) in [5.74, 6) is 3.52. The molecule has 0 radical (unpaired) electrons. The van der Waals surface area contributed by atoms with Crippen LogP contribution in [0.4, 0.5) is 0 Å². The van der Waals surface area contributed by atoms with Gasteiger partial charge in [-0.1, -0.05) is 52.4 Å². The summed E-state index contributed by atoms with van der Waals surface area (Å²) in [5, 5.41) is 0. The Morgan fingerprint density at radius 3 is 2.43 bits per heavy atom. The Bertz CT molecular complexity index is 138. The molecule has 0 amide bonds. The lowest BCUT2D eigenvalue weighted by Gasteiger charge is -2.24. The molecule has 0 aromatic carbocycles. The van der Waals surface area contributed by atoms with Gasteiger partial charge in [0.1, 0.15) is 0 Å². The minimum atomic E-state index is 0.806. The zero-order chi connectivity index (χ0) is 10.4. The quantitative estimate of drug-likeness (QED) is 0.557. The van der Waals surface area contributed by atoms with E-state index in [9.17, 15) is 0 Å². The average Bonchev–Trinajstić information content (AvgIpc) is 2.67. The van der Waals surface area contributed by atoms with Gasteiger partial charge in [-0.3, -0.25) is 0 Å². The van der Waals surface area contributed by atoms with Crippen LogP contribution in [-0.2, 0) is 0 Å². The Hall–Kier alpha value is 0.290. The van der Waals surface area contributed by atoms with Gasteiger partial charge in [-0.25, -0.2) is 0 Å². The van der Waals surface area contributed by atoms with Gasteiger partial charge in [0, 0.05) is 5.88 Å². The van der Waals surface area contributed by atoms with Crippen LogP contribution in [0, 0.1) is 17.8 Å². The maximum Gasteiger partial charge on any atom is 0.0254 e. The third-order valence-electron chi connectivity index (χ3n) is 3.75. The predicted molar refractivity (Wildman–Crippen MR) is 64.9 cm³/mol. The van der Waals surface area contributed by atoms with Crippen molar-refractivity contribution in [3.05, 3.63) is 0 Å². The zero-order valence-electron chi connectivity index (χ0n) is 9.77. The van der Waals surface area contributed by atoms with Crippen LogP contribution in [0.3, 0.4) is 0 Å². The van der Waals surface area contributed by atoms with E-state index < -0.39 is 0 Å². The van der Waals surface area contributed by atoms with Gasteiger partial charge in [-0.2, -0.15) is 0 Å². The van der Waals surface area contributed by atoms with Crippen molar-refractivity contribution < 1.29 is 0 Å². The lowest BCUT2D eigenvalue weighted by molar-refractivity contribution is 0.295. The molecule has 2 unspecified atom stereocenters. The summed E-state index contributed by atoms with van der Waals surface area (Å²) < 4.78 is 0. The first-order chi connectivity index (χ1) is 6.77. The highest BCUT2D eigenvalue weighted by atomic mass is 35.5. The molecule has 0 aromatic rings. The second kappa shape index (κ2) is 6.71. The van der Waals surface area contributed by atoms with Crippen LogP contribution in [0.2, 0.25) is 0 Å². The van der Waals surface area contributed by atoms with E-state index in [-0.39, 0.29) is 0 Å². The Morgan fingerprint density at radius 1 is 1.29 bits per heavy atom. The summed E-state index contributed by atoms with van der Waals surface area (Å²) in [6.07, 6.45) is 9.83. The first kappa shape index (κ1) is 12.4. The number of rotatable bonds is 6. The maximum atomic E-state index is 6.09. The molecule has 14 heavy (non-hydrogen) atoms. The lowest BCUT2D eigenvalue weighted by atomic mass is 9.84. The van der Waals surface area contributed by atoms with Crippen molar-refractivity contribution in [2.45, 2.75) is 58.8 Å². The third-order valence-corrected chi connectivity index (χ3v) is 4.15. The number of hydrogen-bond donors (Lipinski definition) is 0. The van der Waals surface area contributed by atoms with Gasteiger partial charge >= 0.3 is 0 Å². The van der Waals surface area contributed by atoms with Gasteiger partial charge in [-0.15, -0.1) is 11.6 Å². The highest BCUT2D eigenvalue weighted by Gasteiger charge is 2.25. The fourth-order valence-electron chi connectivity index (χ4n) is 2.94. The molecule has 1 rings (SSSR count). The summed E-state index contributed by atoms with van der Waals surface area (Å²) in [6, 6.07) is 0. The molecular weight excluding hydrogens is 192 g/mol. The van der Waals surface area contributed by atoms with Crippen LogP contribution < -0.4 is 0 Å². The van der Waals surface area contributed by atoms with Crippen molar-refractivity contribution >= 4 is 11.6 Å². The van der Waals surface area contributed by atoms with E-state index in [4.69, 9.17) is 11.6 Å². The van der Waals surface area contributed by atoms with Crippen molar-refractivity contribution in [3.63, 3.8) is 0 Å². The van der Waals surface area contributed by atoms with Crippen LogP contribution in [-0.4, -0.2) is 5.88 Å². The molecule has 0 bridgehead atoms.